The number of carbonyl (C=O) groups excluding carboxylic acids is 1. The number of nitrogens with one attached hydrogen (secondary N) is 1. The minimum atomic E-state index is -0.655. The van der Waals surface area contributed by atoms with Crippen LogP contribution >= 0.6 is 11.8 Å². The molecule has 1 atom stereocenters. The van der Waals surface area contributed by atoms with Crippen molar-refractivity contribution in [2.45, 2.75) is 23.9 Å². The van der Waals surface area contributed by atoms with Crippen LogP contribution in [-0.2, 0) is 15.3 Å². The smallest absolute Gasteiger partial charge is 0.338 e. The Hall–Kier alpha value is -3.92. The molecule has 9 nitrogen and oxygen atoms in total. The highest BCUT2D eigenvalue weighted by Crippen LogP contribution is 2.37. The van der Waals surface area contributed by atoms with Gasteiger partial charge in [-0.3, -0.25) is 10.1 Å². The van der Waals surface area contributed by atoms with Gasteiger partial charge in [0.25, 0.3) is 5.69 Å². The normalized spacial score (nSPS) is 14.9. The van der Waals surface area contributed by atoms with Gasteiger partial charge in [-0.1, -0.05) is 54.7 Å². The molecule has 1 aliphatic rings. The summed E-state index contributed by atoms with van der Waals surface area (Å²) in [5, 5.41) is 19.4. The molecule has 0 bridgehead atoms. The van der Waals surface area contributed by atoms with Crippen LogP contribution in [0.1, 0.15) is 24.1 Å². The van der Waals surface area contributed by atoms with E-state index in [4.69, 9.17) is 4.74 Å². The summed E-state index contributed by atoms with van der Waals surface area (Å²) in [4.78, 5) is 28.1. The Kier molecular flexibility index (Phi) is 6.55. The number of fused-ring (bicyclic) bond motifs is 1. The Morgan fingerprint density at radius 3 is 2.67 bits per heavy atom. The molecule has 0 radical (unpaired) electrons. The van der Waals surface area contributed by atoms with Gasteiger partial charge in [-0.05, 0) is 30.2 Å². The first-order valence-electron chi connectivity index (χ1n) is 10.1. The Morgan fingerprint density at radius 1 is 1.27 bits per heavy atom. The lowest BCUT2D eigenvalue weighted by molar-refractivity contribution is -0.384. The number of aromatic nitrogens is 3. The van der Waals surface area contributed by atoms with Crippen LogP contribution in [0.5, 0.6) is 0 Å². The number of esters is 1. The summed E-state index contributed by atoms with van der Waals surface area (Å²) in [6.45, 7) is 5.40. The van der Waals surface area contributed by atoms with Crippen molar-refractivity contribution < 1.29 is 14.5 Å². The van der Waals surface area contributed by atoms with E-state index in [0.29, 0.717) is 33.7 Å². The topological polar surface area (TPSA) is 112 Å². The lowest BCUT2D eigenvalue weighted by atomic mass is 9.95. The van der Waals surface area contributed by atoms with Crippen molar-refractivity contribution in [1.29, 1.82) is 0 Å². The average molecular weight is 464 g/mol. The number of allylic oxidation sites excluding steroid dienone is 1. The Labute approximate surface area is 194 Å². The number of nitro groups is 1. The number of anilines is 1. The molecule has 2 heterocycles. The highest BCUT2D eigenvalue weighted by Gasteiger charge is 2.35. The van der Waals surface area contributed by atoms with Crippen LogP contribution in [0.15, 0.2) is 83.7 Å². The number of benzene rings is 2. The molecule has 10 heteroatoms. The summed E-state index contributed by atoms with van der Waals surface area (Å²) in [5.41, 5.74) is 2.67. The predicted molar refractivity (Wildman–Crippen MR) is 125 cm³/mol. The summed E-state index contributed by atoms with van der Waals surface area (Å²) in [6.07, 6.45) is 1.49. The molecule has 0 saturated carbocycles. The van der Waals surface area contributed by atoms with Gasteiger partial charge in [-0.2, -0.15) is 4.98 Å². The quantitative estimate of drug-likeness (QED) is 0.171. The number of nitro benzene ring substituents is 1. The average Bonchev–Trinajstić information content (AvgIpc) is 3.23. The lowest BCUT2D eigenvalue weighted by Gasteiger charge is -2.28. The summed E-state index contributed by atoms with van der Waals surface area (Å²) >= 11 is 1.48. The molecule has 1 aromatic heterocycles. The number of ether oxygens (including phenoxy) is 1. The number of nitrogens with zero attached hydrogens (tertiary/aromatic N) is 4. The van der Waals surface area contributed by atoms with Crippen LogP contribution in [0, 0.1) is 10.1 Å². The van der Waals surface area contributed by atoms with E-state index in [1.54, 1.807) is 23.7 Å². The number of thioether (sulfide) groups is 1. The molecule has 0 aliphatic carbocycles. The third kappa shape index (κ3) is 4.80. The molecule has 4 rings (SSSR count). The molecule has 1 aliphatic heterocycles. The van der Waals surface area contributed by atoms with Crippen molar-refractivity contribution in [3.63, 3.8) is 0 Å². The minimum absolute atomic E-state index is 0.0397. The van der Waals surface area contributed by atoms with Crippen molar-refractivity contribution >= 4 is 29.4 Å². The zero-order valence-electron chi connectivity index (χ0n) is 17.8. The predicted octanol–water partition coefficient (Wildman–Crippen LogP) is 4.50. The second kappa shape index (κ2) is 9.70. The Morgan fingerprint density at radius 2 is 2.00 bits per heavy atom. The first-order chi connectivity index (χ1) is 16.0. The van der Waals surface area contributed by atoms with Crippen molar-refractivity contribution in [2.24, 2.45) is 0 Å². The fraction of sp³-hybridized carbons (Fsp3) is 0.174. The number of hydrogen-bond donors (Lipinski definition) is 1. The monoisotopic (exact) mass is 463 g/mol. The molecular formula is C23H21N5O4S. The standard InChI is InChI=1S/C23H21N5O4S/c1-3-13-32-21(29)19-15(2)24-22-25-23(33-14-16-7-5-4-6-8-16)26-27(22)20(19)17-9-11-18(12-10-17)28(30)31/h3-12,20H,1,13-14H2,2H3,(H,24,25,26). The summed E-state index contributed by atoms with van der Waals surface area (Å²) in [7, 11) is 0. The van der Waals surface area contributed by atoms with E-state index in [-0.39, 0.29) is 12.3 Å². The summed E-state index contributed by atoms with van der Waals surface area (Å²) < 4.78 is 6.93. The first-order valence-corrected chi connectivity index (χ1v) is 11.1. The molecular weight excluding hydrogens is 442 g/mol. The number of hydrogen-bond acceptors (Lipinski definition) is 8. The third-order valence-corrected chi connectivity index (χ3v) is 5.92. The van der Waals surface area contributed by atoms with Gasteiger partial charge < -0.3 is 10.1 Å². The van der Waals surface area contributed by atoms with Crippen LogP contribution in [0.3, 0.4) is 0 Å². The van der Waals surface area contributed by atoms with Crippen LogP contribution in [0.2, 0.25) is 0 Å². The van der Waals surface area contributed by atoms with E-state index in [1.807, 2.05) is 30.3 Å². The molecule has 2 aromatic carbocycles. The van der Waals surface area contributed by atoms with E-state index in [2.05, 4.69) is 22.0 Å². The molecule has 0 fully saturated rings. The molecule has 0 amide bonds. The first kappa shape index (κ1) is 22.3. The molecule has 1 unspecified atom stereocenters. The van der Waals surface area contributed by atoms with Crippen molar-refractivity contribution in [1.82, 2.24) is 14.8 Å². The highest BCUT2D eigenvalue weighted by atomic mass is 32.2. The van der Waals surface area contributed by atoms with Gasteiger partial charge >= 0.3 is 5.97 Å². The zero-order chi connectivity index (χ0) is 23.4. The van der Waals surface area contributed by atoms with Crippen LogP contribution in [-0.4, -0.2) is 32.3 Å². The van der Waals surface area contributed by atoms with Crippen LogP contribution in [0.4, 0.5) is 11.6 Å². The van der Waals surface area contributed by atoms with Crippen molar-refractivity contribution in [2.75, 3.05) is 11.9 Å². The highest BCUT2D eigenvalue weighted by molar-refractivity contribution is 7.98. The second-order valence-corrected chi connectivity index (χ2v) is 8.18. The molecule has 0 spiro atoms. The summed E-state index contributed by atoms with van der Waals surface area (Å²) in [5.74, 6) is 0.641. The maximum absolute atomic E-state index is 12.9. The van der Waals surface area contributed by atoms with E-state index in [1.165, 1.54) is 30.0 Å². The van der Waals surface area contributed by atoms with Gasteiger partial charge in [-0.15, -0.1) is 5.10 Å². The lowest BCUT2D eigenvalue weighted by Crippen LogP contribution is -2.29. The summed E-state index contributed by atoms with van der Waals surface area (Å²) in [6, 6.07) is 15.3. The van der Waals surface area contributed by atoms with E-state index in [9.17, 15) is 14.9 Å². The van der Waals surface area contributed by atoms with Gasteiger partial charge in [0, 0.05) is 23.6 Å². The van der Waals surface area contributed by atoms with Gasteiger partial charge in [0.05, 0.1) is 10.5 Å². The molecule has 168 valence electrons. The fourth-order valence-electron chi connectivity index (χ4n) is 3.48. The van der Waals surface area contributed by atoms with Gasteiger partial charge in [0.15, 0.2) is 0 Å². The van der Waals surface area contributed by atoms with Gasteiger partial charge in [-0.25, -0.2) is 9.48 Å². The molecule has 33 heavy (non-hydrogen) atoms. The van der Waals surface area contributed by atoms with E-state index >= 15 is 0 Å². The minimum Gasteiger partial charge on any atom is -0.458 e. The third-order valence-electron chi connectivity index (χ3n) is 5.02. The van der Waals surface area contributed by atoms with Crippen LogP contribution in [0.25, 0.3) is 0 Å². The maximum Gasteiger partial charge on any atom is 0.338 e. The SMILES string of the molecule is C=CCOC(=O)C1=C(C)Nc2nc(SCc3ccccc3)nn2C1c1ccc([N+](=O)[O-])cc1. The van der Waals surface area contributed by atoms with Crippen molar-refractivity contribution in [3.8, 4) is 0 Å². The molecule has 1 N–H and O–H groups in total. The number of rotatable bonds is 8. The number of non-ortho nitro benzene ring substituents is 1. The largest absolute Gasteiger partial charge is 0.458 e. The maximum atomic E-state index is 12.9. The van der Waals surface area contributed by atoms with Crippen LogP contribution < -0.4 is 5.32 Å². The Bertz CT molecular complexity index is 1220. The molecule has 0 saturated heterocycles. The molecule has 3 aromatic rings. The number of carbonyl (C=O) groups is 1. The van der Waals surface area contributed by atoms with Gasteiger partial charge in [0.2, 0.25) is 11.1 Å². The van der Waals surface area contributed by atoms with Gasteiger partial charge in [0.1, 0.15) is 12.6 Å². The fourth-order valence-corrected chi connectivity index (χ4v) is 4.26. The Balaban J connectivity index is 1.70. The van der Waals surface area contributed by atoms with Crippen molar-refractivity contribution in [3.05, 3.63) is 99.8 Å². The van der Waals surface area contributed by atoms with E-state index < -0.39 is 16.9 Å². The second-order valence-electron chi connectivity index (χ2n) is 7.24. The van der Waals surface area contributed by atoms with E-state index in [0.717, 1.165) is 5.56 Å². The zero-order valence-corrected chi connectivity index (χ0v) is 18.6.